The average Bonchev–Trinajstić information content (AvgIpc) is 3.01. The Hall–Kier alpha value is -1.40. The largest absolute Gasteiger partial charge is 0.465 e. The number of esters is 1. The second-order valence-corrected chi connectivity index (χ2v) is 7.22. The molecule has 0 saturated carbocycles. The van der Waals surface area contributed by atoms with E-state index in [9.17, 15) is 4.79 Å². The molecule has 1 aliphatic rings. The molecule has 6 nitrogen and oxygen atoms in total. The molecule has 1 fully saturated rings. The van der Waals surface area contributed by atoms with Gasteiger partial charge in [-0.15, -0.1) is 0 Å². The number of rotatable bonds is 8. The van der Waals surface area contributed by atoms with Crippen LogP contribution in [0, 0.1) is 11.8 Å². The summed E-state index contributed by atoms with van der Waals surface area (Å²) in [5.41, 5.74) is 6.71. The number of nitrogens with one attached hydrogen (secondary N) is 1. The molecule has 2 rings (SSSR count). The molecule has 3 N–H and O–H groups in total. The van der Waals surface area contributed by atoms with Crippen molar-refractivity contribution in [1.82, 2.24) is 14.9 Å². The smallest absolute Gasteiger partial charge is 0.315 e. The fourth-order valence-electron chi connectivity index (χ4n) is 3.14. The average molecular weight is 336 g/mol. The van der Waals surface area contributed by atoms with Crippen molar-refractivity contribution in [2.75, 3.05) is 13.2 Å². The van der Waals surface area contributed by atoms with Gasteiger partial charge < -0.3 is 20.4 Å². The van der Waals surface area contributed by atoms with Crippen LogP contribution >= 0.6 is 0 Å². The van der Waals surface area contributed by atoms with Crippen LogP contribution in [-0.2, 0) is 16.1 Å². The van der Waals surface area contributed by atoms with Crippen LogP contribution in [0.2, 0.25) is 0 Å². The van der Waals surface area contributed by atoms with Gasteiger partial charge in [0.05, 0.1) is 24.8 Å². The number of nitrogens with two attached hydrogens (primary N) is 1. The maximum absolute atomic E-state index is 12.4. The Bertz CT molecular complexity index is 507. The topological polar surface area (TPSA) is 82.2 Å². The number of nitrogens with zero attached hydrogens (tertiary/aromatic N) is 2. The van der Waals surface area contributed by atoms with Gasteiger partial charge >= 0.3 is 5.97 Å². The zero-order chi connectivity index (χ0) is 17.5. The summed E-state index contributed by atoms with van der Waals surface area (Å²) in [5.74, 6) is 0.627. The quantitative estimate of drug-likeness (QED) is 0.712. The van der Waals surface area contributed by atoms with E-state index in [1.807, 2.05) is 19.4 Å². The molecule has 1 aromatic heterocycles. The van der Waals surface area contributed by atoms with Crippen molar-refractivity contribution >= 4 is 5.97 Å². The number of ether oxygens (including phenoxy) is 1. The third-order valence-electron chi connectivity index (χ3n) is 4.67. The molecule has 2 heterocycles. The first-order valence-electron chi connectivity index (χ1n) is 9.16. The molecule has 24 heavy (non-hydrogen) atoms. The summed E-state index contributed by atoms with van der Waals surface area (Å²) in [6.45, 7) is 8.44. The molecule has 3 atom stereocenters. The number of hydrogen-bond acceptors (Lipinski definition) is 5. The number of piperidine rings is 1. The Morgan fingerprint density at radius 2 is 2.29 bits per heavy atom. The molecule has 1 aromatic rings. The van der Waals surface area contributed by atoms with E-state index in [-0.39, 0.29) is 18.1 Å². The second-order valence-electron chi connectivity index (χ2n) is 7.22. The van der Waals surface area contributed by atoms with E-state index in [4.69, 9.17) is 10.5 Å². The molecule has 1 saturated heterocycles. The molecular formula is C18H32N4O2. The van der Waals surface area contributed by atoms with Crippen LogP contribution in [0.15, 0.2) is 12.5 Å². The van der Waals surface area contributed by atoms with Gasteiger partial charge in [-0.05, 0) is 51.0 Å². The number of carbonyl (C=O) groups excluding carboxylic acids is 1. The summed E-state index contributed by atoms with van der Waals surface area (Å²) in [4.78, 5) is 16.9. The molecule has 0 aromatic carbocycles. The van der Waals surface area contributed by atoms with Gasteiger partial charge in [0.25, 0.3) is 0 Å². The van der Waals surface area contributed by atoms with Crippen LogP contribution in [0.25, 0.3) is 0 Å². The highest BCUT2D eigenvalue weighted by molar-refractivity contribution is 5.77. The van der Waals surface area contributed by atoms with Gasteiger partial charge in [-0.25, -0.2) is 4.98 Å². The minimum absolute atomic E-state index is 0.0811. The highest BCUT2D eigenvalue weighted by Crippen LogP contribution is 2.28. The zero-order valence-electron chi connectivity index (χ0n) is 15.2. The maximum Gasteiger partial charge on any atom is 0.315 e. The maximum atomic E-state index is 12.4. The van der Waals surface area contributed by atoms with Crippen molar-refractivity contribution in [1.29, 1.82) is 0 Å². The van der Waals surface area contributed by atoms with Crippen molar-refractivity contribution in [2.24, 2.45) is 17.6 Å². The summed E-state index contributed by atoms with van der Waals surface area (Å²) in [6.07, 6.45) is 7.77. The highest BCUT2D eigenvalue weighted by atomic mass is 16.5. The molecule has 3 unspecified atom stereocenters. The van der Waals surface area contributed by atoms with Crippen LogP contribution in [0.5, 0.6) is 0 Å². The number of aromatic nitrogens is 2. The van der Waals surface area contributed by atoms with Crippen LogP contribution in [-0.4, -0.2) is 34.8 Å². The van der Waals surface area contributed by atoms with E-state index in [1.165, 1.54) is 0 Å². The third kappa shape index (κ3) is 5.60. The summed E-state index contributed by atoms with van der Waals surface area (Å²) in [6, 6.07) is 0. The van der Waals surface area contributed by atoms with Gasteiger partial charge in [0.15, 0.2) is 0 Å². The fourth-order valence-corrected chi connectivity index (χ4v) is 3.14. The Morgan fingerprint density at radius 1 is 1.50 bits per heavy atom. The molecule has 136 valence electrons. The lowest BCUT2D eigenvalue weighted by Gasteiger charge is -2.29. The summed E-state index contributed by atoms with van der Waals surface area (Å²) in [7, 11) is 0. The summed E-state index contributed by atoms with van der Waals surface area (Å²) < 4.78 is 7.38. The Morgan fingerprint density at radius 3 is 2.92 bits per heavy atom. The molecule has 0 amide bonds. The standard InChI is InChI=1S/C18H32N4O2/c1-4-24-18(23)15(9-14-5-6-17(19)20-10-14)16-11-22(12-21-16)8-7-13(2)3/h11-15,17,20H,4-10,19H2,1-3H3. The Balaban J connectivity index is 2.03. The van der Waals surface area contributed by atoms with Crippen molar-refractivity contribution in [3.8, 4) is 0 Å². The Kier molecular flexibility index (Phi) is 7.24. The normalized spacial score (nSPS) is 22.5. The predicted octanol–water partition coefficient (Wildman–Crippen LogP) is 2.25. The number of imidazole rings is 1. The van der Waals surface area contributed by atoms with Gasteiger partial charge in [0.2, 0.25) is 0 Å². The van der Waals surface area contributed by atoms with Crippen LogP contribution in [0.1, 0.15) is 58.1 Å². The van der Waals surface area contributed by atoms with Crippen LogP contribution in [0.3, 0.4) is 0 Å². The molecule has 6 heteroatoms. The minimum atomic E-state index is -0.286. The first-order chi connectivity index (χ1) is 11.5. The van der Waals surface area contributed by atoms with E-state index < -0.39 is 0 Å². The predicted molar refractivity (Wildman–Crippen MR) is 94.4 cm³/mol. The SMILES string of the molecule is CCOC(=O)C(CC1CCC(N)NC1)c1cn(CCC(C)C)cn1. The lowest BCUT2D eigenvalue weighted by Crippen LogP contribution is -2.45. The highest BCUT2D eigenvalue weighted by Gasteiger charge is 2.29. The fraction of sp³-hybridized carbons (Fsp3) is 0.778. The Labute approximate surface area is 145 Å². The van der Waals surface area contributed by atoms with E-state index in [1.54, 1.807) is 0 Å². The van der Waals surface area contributed by atoms with Gasteiger partial charge in [0.1, 0.15) is 5.92 Å². The first-order valence-corrected chi connectivity index (χ1v) is 9.16. The van der Waals surface area contributed by atoms with E-state index in [0.29, 0.717) is 18.4 Å². The van der Waals surface area contributed by atoms with Crippen molar-refractivity contribution in [3.05, 3.63) is 18.2 Å². The molecule has 0 radical (unpaired) electrons. The van der Waals surface area contributed by atoms with Gasteiger partial charge in [-0.2, -0.15) is 0 Å². The van der Waals surface area contributed by atoms with Crippen molar-refractivity contribution in [2.45, 2.75) is 65.1 Å². The minimum Gasteiger partial charge on any atom is -0.465 e. The summed E-state index contributed by atoms with van der Waals surface area (Å²) >= 11 is 0. The number of hydrogen-bond donors (Lipinski definition) is 2. The monoisotopic (exact) mass is 336 g/mol. The van der Waals surface area contributed by atoms with Gasteiger partial charge in [-0.1, -0.05) is 13.8 Å². The number of aryl methyl sites for hydroxylation is 1. The van der Waals surface area contributed by atoms with Crippen molar-refractivity contribution < 1.29 is 9.53 Å². The van der Waals surface area contributed by atoms with Gasteiger partial charge in [0, 0.05) is 12.7 Å². The second kappa shape index (κ2) is 9.18. The van der Waals surface area contributed by atoms with E-state index in [2.05, 4.69) is 28.7 Å². The van der Waals surface area contributed by atoms with Crippen LogP contribution in [0.4, 0.5) is 0 Å². The summed E-state index contributed by atoms with van der Waals surface area (Å²) in [5, 5.41) is 3.30. The van der Waals surface area contributed by atoms with Gasteiger partial charge in [-0.3, -0.25) is 4.79 Å². The van der Waals surface area contributed by atoms with Crippen LogP contribution < -0.4 is 11.1 Å². The molecule has 0 spiro atoms. The van der Waals surface area contributed by atoms with Crippen molar-refractivity contribution in [3.63, 3.8) is 0 Å². The zero-order valence-corrected chi connectivity index (χ0v) is 15.2. The molecule has 0 bridgehead atoms. The molecule has 0 aliphatic carbocycles. The number of carbonyl (C=O) groups is 1. The van der Waals surface area contributed by atoms with E-state index in [0.717, 1.165) is 44.5 Å². The lowest BCUT2D eigenvalue weighted by atomic mass is 9.87. The third-order valence-corrected chi connectivity index (χ3v) is 4.67. The lowest BCUT2D eigenvalue weighted by molar-refractivity contribution is -0.145. The molecular weight excluding hydrogens is 304 g/mol. The first kappa shape index (κ1) is 18.9. The molecule has 1 aliphatic heterocycles. The van der Waals surface area contributed by atoms with E-state index >= 15 is 0 Å².